The van der Waals surface area contributed by atoms with Crippen LogP contribution >= 0.6 is 11.6 Å². The van der Waals surface area contributed by atoms with Crippen LogP contribution in [0.1, 0.15) is 16.1 Å². The summed E-state index contributed by atoms with van der Waals surface area (Å²) in [5.41, 5.74) is 2.76. The zero-order valence-electron chi connectivity index (χ0n) is 14.5. The van der Waals surface area contributed by atoms with Crippen molar-refractivity contribution in [2.45, 2.75) is 6.92 Å². The molecule has 26 heavy (non-hydrogen) atoms. The van der Waals surface area contributed by atoms with Gasteiger partial charge >= 0.3 is 5.97 Å². The predicted molar refractivity (Wildman–Crippen MR) is 99.2 cm³/mol. The predicted octanol–water partition coefficient (Wildman–Crippen LogP) is 3.97. The minimum absolute atomic E-state index is 0.185. The summed E-state index contributed by atoms with van der Waals surface area (Å²) in [5, 5.41) is 3.29. The van der Waals surface area contributed by atoms with Gasteiger partial charge in [-0.25, -0.2) is 14.8 Å². The fourth-order valence-electron chi connectivity index (χ4n) is 2.46. The summed E-state index contributed by atoms with van der Waals surface area (Å²) in [6, 6.07) is 8.56. The Kier molecular flexibility index (Phi) is 5.09. The van der Waals surface area contributed by atoms with E-state index < -0.39 is 5.97 Å². The van der Waals surface area contributed by atoms with Gasteiger partial charge in [0.15, 0.2) is 0 Å². The zero-order valence-corrected chi connectivity index (χ0v) is 15.2. The van der Waals surface area contributed by atoms with Crippen molar-refractivity contribution in [2.24, 2.45) is 0 Å². The molecule has 0 saturated heterocycles. The fourth-order valence-corrected chi connectivity index (χ4v) is 2.67. The SMILES string of the molecule is COC(=O)c1cc(Cl)nc(Nc2ccc(-c3nc(C)c[nH]3)c(OC)c2)c1. The van der Waals surface area contributed by atoms with Crippen molar-refractivity contribution in [3.05, 3.63) is 52.9 Å². The molecule has 0 atom stereocenters. The monoisotopic (exact) mass is 372 g/mol. The topological polar surface area (TPSA) is 89.1 Å². The number of H-pyrrole nitrogens is 1. The lowest BCUT2D eigenvalue weighted by Gasteiger charge is -2.11. The summed E-state index contributed by atoms with van der Waals surface area (Å²) in [4.78, 5) is 23.4. The molecule has 2 aromatic heterocycles. The minimum Gasteiger partial charge on any atom is -0.496 e. The van der Waals surface area contributed by atoms with Crippen LogP contribution in [-0.2, 0) is 4.74 Å². The molecule has 8 heteroatoms. The lowest BCUT2D eigenvalue weighted by molar-refractivity contribution is 0.0600. The first kappa shape index (κ1) is 17.8. The number of carbonyl (C=O) groups is 1. The highest BCUT2D eigenvalue weighted by molar-refractivity contribution is 6.29. The van der Waals surface area contributed by atoms with Crippen LogP contribution in [0.5, 0.6) is 5.75 Å². The van der Waals surface area contributed by atoms with Crippen LogP contribution in [0.25, 0.3) is 11.4 Å². The van der Waals surface area contributed by atoms with Gasteiger partial charge in [0, 0.05) is 18.0 Å². The molecule has 3 rings (SSSR count). The molecule has 2 heterocycles. The molecule has 0 spiro atoms. The molecule has 0 aliphatic carbocycles. The van der Waals surface area contributed by atoms with Gasteiger partial charge in [-0.05, 0) is 31.2 Å². The number of nitrogens with one attached hydrogen (secondary N) is 2. The van der Waals surface area contributed by atoms with Crippen molar-refractivity contribution < 1.29 is 14.3 Å². The number of aryl methyl sites for hydroxylation is 1. The Bertz CT molecular complexity index is 955. The highest BCUT2D eigenvalue weighted by atomic mass is 35.5. The van der Waals surface area contributed by atoms with Gasteiger partial charge in [0.1, 0.15) is 22.5 Å². The molecule has 3 aromatic rings. The minimum atomic E-state index is -0.488. The number of hydrogen-bond donors (Lipinski definition) is 2. The lowest BCUT2D eigenvalue weighted by atomic mass is 10.1. The smallest absolute Gasteiger partial charge is 0.338 e. The number of methoxy groups -OCH3 is 2. The third kappa shape index (κ3) is 3.78. The Morgan fingerprint density at radius 1 is 1.19 bits per heavy atom. The molecule has 0 unspecified atom stereocenters. The van der Waals surface area contributed by atoms with E-state index in [1.165, 1.54) is 13.2 Å². The number of carbonyl (C=O) groups excluding carboxylic acids is 1. The van der Waals surface area contributed by atoms with E-state index >= 15 is 0 Å². The van der Waals surface area contributed by atoms with Gasteiger partial charge in [-0.15, -0.1) is 0 Å². The largest absolute Gasteiger partial charge is 0.496 e. The van der Waals surface area contributed by atoms with E-state index in [1.807, 2.05) is 31.3 Å². The molecule has 0 aliphatic rings. The Balaban J connectivity index is 1.91. The van der Waals surface area contributed by atoms with E-state index in [0.717, 1.165) is 22.8 Å². The number of rotatable bonds is 5. The summed E-state index contributed by atoms with van der Waals surface area (Å²) >= 11 is 5.99. The van der Waals surface area contributed by atoms with Gasteiger partial charge in [0.2, 0.25) is 0 Å². The summed E-state index contributed by atoms with van der Waals surface area (Å²) < 4.78 is 10.2. The summed E-state index contributed by atoms with van der Waals surface area (Å²) in [7, 11) is 2.90. The van der Waals surface area contributed by atoms with Crippen molar-refractivity contribution in [3.8, 4) is 17.1 Å². The number of ether oxygens (including phenoxy) is 2. The number of aromatic nitrogens is 3. The second-order valence-electron chi connectivity index (χ2n) is 5.49. The molecule has 0 amide bonds. The Hall–Kier alpha value is -3.06. The van der Waals surface area contributed by atoms with E-state index in [9.17, 15) is 4.79 Å². The van der Waals surface area contributed by atoms with Gasteiger partial charge in [0.25, 0.3) is 0 Å². The van der Waals surface area contributed by atoms with E-state index in [-0.39, 0.29) is 5.15 Å². The second kappa shape index (κ2) is 7.45. The normalized spacial score (nSPS) is 10.5. The summed E-state index contributed by atoms with van der Waals surface area (Å²) in [5.74, 6) is 1.29. The number of benzene rings is 1. The number of halogens is 1. The quantitative estimate of drug-likeness (QED) is 0.520. The van der Waals surface area contributed by atoms with Crippen LogP contribution in [0.3, 0.4) is 0 Å². The molecular formula is C18H17ClN4O3. The number of hydrogen-bond acceptors (Lipinski definition) is 6. The lowest BCUT2D eigenvalue weighted by Crippen LogP contribution is -2.04. The van der Waals surface area contributed by atoms with Crippen molar-refractivity contribution in [1.29, 1.82) is 0 Å². The number of pyridine rings is 1. The number of imidazole rings is 1. The van der Waals surface area contributed by atoms with Crippen LogP contribution in [0.4, 0.5) is 11.5 Å². The zero-order chi connectivity index (χ0) is 18.7. The first-order valence-corrected chi connectivity index (χ1v) is 8.11. The Labute approximate surface area is 155 Å². The van der Waals surface area contributed by atoms with Crippen LogP contribution < -0.4 is 10.1 Å². The van der Waals surface area contributed by atoms with E-state index in [4.69, 9.17) is 21.1 Å². The van der Waals surface area contributed by atoms with Crippen molar-refractivity contribution in [2.75, 3.05) is 19.5 Å². The molecule has 2 N–H and O–H groups in total. The maximum absolute atomic E-state index is 11.7. The molecule has 0 aliphatic heterocycles. The van der Waals surface area contributed by atoms with Gasteiger partial charge in [-0.2, -0.15) is 0 Å². The Morgan fingerprint density at radius 2 is 2.00 bits per heavy atom. The molecule has 0 saturated carbocycles. The van der Waals surface area contributed by atoms with Crippen molar-refractivity contribution in [1.82, 2.24) is 15.0 Å². The number of nitrogens with zero attached hydrogens (tertiary/aromatic N) is 2. The molecule has 0 bridgehead atoms. The van der Waals surface area contributed by atoms with Gasteiger partial charge in [-0.1, -0.05) is 11.6 Å². The third-order valence-electron chi connectivity index (χ3n) is 3.65. The molecule has 1 aromatic carbocycles. The summed E-state index contributed by atoms with van der Waals surface area (Å²) in [6.07, 6.45) is 1.82. The first-order valence-electron chi connectivity index (χ1n) is 7.73. The first-order chi connectivity index (χ1) is 12.5. The van der Waals surface area contributed by atoms with Crippen LogP contribution in [-0.4, -0.2) is 35.1 Å². The molecule has 134 valence electrons. The standard InChI is InChI=1S/C18H17ClN4O3/c1-10-9-20-17(21-10)13-5-4-12(8-14(13)25-2)22-16-7-11(18(24)26-3)6-15(19)23-16/h4-9H,1-3H3,(H,20,21)(H,22,23). The molecule has 0 fully saturated rings. The van der Waals surface area contributed by atoms with Gasteiger partial charge in [-0.3, -0.25) is 0 Å². The van der Waals surface area contributed by atoms with E-state index in [0.29, 0.717) is 17.1 Å². The number of aromatic amines is 1. The van der Waals surface area contributed by atoms with Crippen molar-refractivity contribution in [3.63, 3.8) is 0 Å². The average Bonchev–Trinajstić information content (AvgIpc) is 3.06. The molecule has 7 nitrogen and oxygen atoms in total. The highest BCUT2D eigenvalue weighted by Gasteiger charge is 2.12. The van der Waals surface area contributed by atoms with Crippen molar-refractivity contribution >= 4 is 29.1 Å². The van der Waals surface area contributed by atoms with Crippen LogP contribution in [0.2, 0.25) is 5.15 Å². The molecular weight excluding hydrogens is 356 g/mol. The number of anilines is 2. The van der Waals surface area contributed by atoms with Gasteiger partial charge < -0.3 is 19.8 Å². The fraction of sp³-hybridized carbons (Fsp3) is 0.167. The maximum atomic E-state index is 11.7. The average molecular weight is 373 g/mol. The summed E-state index contributed by atoms with van der Waals surface area (Å²) in [6.45, 7) is 1.91. The third-order valence-corrected chi connectivity index (χ3v) is 3.84. The molecule has 0 radical (unpaired) electrons. The highest BCUT2D eigenvalue weighted by Crippen LogP contribution is 2.32. The van der Waals surface area contributed by atoms with E-state index in [2.05, 4.69) is 20.3 Å². The second-order valence-corrected chi connectivity index (χ2v) is 5.87. The van der Waals surface area contributed by atoms with E-state index in [1.54, 1.807) is 13.2 Å². The van der Waals surface area contributed by atoms with Gasteiger partial charge in [0.05, 0.1) is 31.0 Å². The number of esters is 1. The maximum Gasteiger partial charge on any atom is 0.338 e. The Morgan fingerprint density at radius 3 is 2.65 bits per heavy atom. The van der Waals surface area contributed by atoms with Crippen LogP contribution in [0.15, 0.2) is 36.5 Å². The van der Waals surface area contributed by atoms with Crippen LogP contribution in [0, 0.1) is 6.92 Å².